The second-order valence-electron chi connectivity index (χ2n) is 31.2. The number of rotatable bonds is 59. The van der Waals surface area contributed by atoms with Crippen molar-refractivity contribution in [3.05, 3.63) is 36.5 Å². The molecule has 0 radical (unpaired) electrons. The Hall–Kier alpha value is -3.56. The van der Waals surface area contributed by atoms with Crippen LogP contribution in [-0.4, -0.2) is 93.8 Å². The molecule has 4 rings (SSSR count). The molecule has 10 heteroatoms. The minimum Gasteiger partial charge on any atom is -0.339 e. The fraction of sp³-hybridized carbons (Fsp3) is 0.859. The summed E-state index contributed by atoms with van der Waals surface area (Å²) in [5.74, 6) is 6.19. The number of likely N-dealkylation sites (N-methyl/N-ethyl adjacent to an activating group) is 1. The maximum absolute atomic E-state index is 14.1. The van der Waals surface area contributed by atoms with E-state index in [1.165, 1.54) is 292 Å². The van der Waals surface area contributed by atoms with Crippen molar-refractivity contribution in [1.29, 1.82) is 0 Å². The van der Waals surface area contributed by atoms with Crippen molar-refractivity contribution in [3.8, 4) is 0 Å². The zero-order valence-corrected chi connectivity index (χ0v) is 63.3. The minimum absolute atomic E-state index is 0.0876. The highest BCUT2D eigenvalue weighted by atomic mass is 16.2. The van der Waals surface area contributed by atoms with E-state index in [9.17, 15) is 28.8 Å². The molecule has 95 heavy (non-hydrogen) atoms. The van der Waals surface area contributed by atoms with Crippen LogP contribution in [-0.2, 0) is 28.8 Å². The zero-order valence-electron chi connectivity index (χ0n) is 63.3. The lowest BCUT2D eigenvalue weighted by Crippen LogP contribution is -2.46. The van der Waals surface area contributed by atoms with E-state index in [0.29, 0.717) is 30.8 Å². The molecule has 6 amide bonds. The number of nitrogens with zero attached hydrogens (tertiary/aromatic N) is 4. The van der Waals surface area contributed by atoms with E-state index in [0.717, 1.165) is 118 Å². The number of carbonyl (C=O) groups is 6. The number of imide groups is 2. The molecule has 3 fully saturated rings. The van der Waals surface area contributed by atoms with Crippen LogP contribution in [0.25, 0.3) is 0 Å². The zero-order chi connectivity index (χ0) is 68.8. The number of carbonyl (C=O) groups excluding carboxylic acids is 6. The SMILES string of the molecule is C=C(C)C(=O)N(CC)CCCCCCCCC1C(CCCCCCCCN(C(=O)C(=C)C)C2CC(=O)N(CCCCCCCCC3C(CCCCCCCCN4C(=O)C=CC4=O)CCC(CCCC)C3CCCCCCCC)C2=O)CCC(CCC)C1CCCCCCCC. The molecule has 0 aromatic rings. The lowest BCUT2D eigenvalue weighted by Gasteiger charge is -2.44. The van der Waals surface area contributed by atoms with E-state index < -0.39 is 6.04 Å². The number of hydrogen-bond acceptors (Lipinski definition) is 6. The lowest BCUT2D eigenvalue weighted by atomic mass is 9.61. The predicted molar refractivity (Wildman–Crippen MR) is 401 cm³/mol. The fourth-order valence-electron chi connectivity index (χ4n) is 18.1. The van der Waals surface area contributed by atoms with Gasteiger partial charge in [-0.15, -0.1) is 0 Å². The van der Waals surface area contributed by atoms with Crippen molar-refractivity contribution in [2.75, 3.05) is 32.7 Å². The predicted octanol–water partition coefficient (Wildman–Crippen LogP) is 22.8. The van der Waals surface area contributed by atoms with Crippen LogP contribution in [0.2, 0.25) is 0 Å². The van der Waals surface area contributed by atoms with Gasteiger partial charge in [-0.1, -0.05) is 291 Å². The monoisotopic (exact) mass is 1320 g/mol. The van der Waals surface area contributed by atoms with Gasteiger partial charge in [-0.2, -0.15) is 0 Å². The number of unbranched alkanes of at least 4 members (excludes halogenated alkanes) is 31. The van der Waals surface area contributed by atoms with Crippen molar-refractivity contribution >= 4 is 35.4 Å². The van der Waals surface area contributed by atoms with Gasteiger partial charge in [-0.25, -0.2) is 0 Å². The lowest BCUT2D eigenvalue weighted by molar-refractivity contribution is -0.143. The van der Waals surface area contributed by atoms with Gasteiger partial charge >= 0.3 is 0 Å². The Kier molecular flexibility index (Phi) is 45.5. The Bertz CT molecular complexity index is 2150. The Labute approximate surface area is 585 Å². The molecule has 2 saturated carbocycles. The van der Waals surface area contributed by atoms with Crippen molar-refractivity contribution in [3.63, 3.8) is 0 Å². The van der Waals surface area contributed by atoms with Gasteiger partial charge in [0.15, 0.2) is 0 Å². The molecule has 10 nitrogen and oxygen atoms in total. The highest BCUT2D eigenvalue weighted by molar-refractivity contribution is 6.12. The van der Waals surface area contributed by atoms with E-state index in [-0.39, 0.29) is 41.9 Å². The average molecular weight is 1320 g/mol. The summed E-state index contributed by atoms with van der Waals surface area (Å²) in [6.45, 7) is 26.0. The maximum atomic E-state index is 14.1. The van der Waals surface area contributed by atoms with Crippen molar-refractivity contribution in [2.24, 2.45) is 47.3 Å². The van der Waals surface area contributed by atoms with E-state index in [4.69, 9.17) is 0 Å². The third-order valence-electron chi connectivity index (χ3n) is 23.7. The van der Waals surface area contributed by atoms with Crippen LogP contribution < -0.4 is 0 Å². The van der Waals surface area contributed by atoms with Crippen LogP contribution in [0.15, 0.2) is 36.5 Å². The summed E-state index contributed by atoms with van der Waals surface area (Å²) >= 11 is 0. The molecule has 9 atom stereocenters. The highest BCUT2D eigenvalue weighted by Crippen LogP contribution is 2.49. The van der Waals surface area contributed by atoms with Crippen LogP contribution in [0.3, 0.4) is 0 Å². The molecular weight excluding hydrogens is 1170 g/mol. The van der Waals surface area contributed by atoms with Crippen LogP contribution in [0.5, 0.6) is 0 Å². The molecule has 0 N–H and O–H groups in total. The topological polar surface area (TPSA) is 115 Å². The Morgan fingerprint density at radius 2 is 0.705 bits per heavy atom. The standard InChI is InChI=1S/C85H150N4O6/c1-10-15-18-20-32-42-54-75-71(50-13-4)58-59-73(77(75)56-44-34-24-26-36-46-64-86(14-5)83(93)69(6)7)52-40-30-22-27-37-47-65-87(84(94)70(8)9)79-68-82(92)89(85(79)95)67-49-39-29-25-35-45-57-78-74(53-41-31-23-28-38-48-66-88-80(90)62-63-81(88)91)61-60-72(51-17-12-3)76(78)55-43-33-21-19-16-11-2/h62-63,71-79H,6,8,10-61,64-68H2,1-5,7,9H3. The molecule has 4 aliphatic rings. The van der Waals surface area contributed by atoms with Gasteiger partial charge in [0, 0.05) is 56.0 Å². The molecule has 0 bridgehead atoms. The summed E-state index contributed by atoms with van der Waals surface area (Å²) in [5, 5.41) is 0. The normalized spacial score (nSPS) is 22.2. The van der Waals surface area contributed by atoms with Gasteiger partial charge in [0.05, 0.1) is 6.42 Å². The molecule has 2 aliphatic heterocycles. The quantitative estimate of drug-likeness (QED) is 0.0340. The second kappa shape index (κ2) is 51.6. The Morgan fingerprint density at radius 3 is 1.08 bits per heavy atom. The van der Waals surface area contributed by atoms with E-state index in [2.05, 4.69) is 47.8 Å². The van der Waals surface area contributed by atoms with Crippen LogP contribution in [0.4, 0.5) is 0 Å². The third kappa shape index (κ3) is 32.1. The minimum atomic E-state index is -0.718. The molecule has 2 heterocycles. The van der Waals surface area contributed by atoms with Crippen LogP contribution >= 0.6 is 0 Å². The molecule has 0 aromatic carbocycles. The van der Waals surface area contributed by atoms with E-state index >= 15 is 0 Å². The first-order valence-electron chi connectivity index (χ1n) is 41.5. The maximum Gasteiger partial charge on any atom is 0.253 e. The van der Waals surface area contributed by atoms with Gasteiger partial charge in [-0.05, 0) is 145 Å². The average Bonchev–Trinajstić information content (AvgIpc) is 0.973. The summed E-state index contributed by atoms with van der Waals surface area (Å²) in [6, 6.07) is -0.718. The van der Waals surface area contributed by atoms with E-state index in [1.54, 1.807) is 11.8 Å². The summed E-state index contributed by atoms with van der Waals surface area (Å²) < 4.78 is 0. The third-order valence-corrected chi connectivity index (χ3v) is 23.7. The largest absolute Gasteiger partial charge is 0.339 e. The number of amides is 6. The molecule has 0 spiro atoms. The smallest absolute Gasteiger partial charge is 0.253 e. The van der Waals surface area contributed by atoms with Crippen LogP contribution in [0, 0.1) is 47.3 Å². The van der Waals surface area contributed by atoms with Crippen molar-refractivity contribution < 1.29 is 28.8 Å². The van der Waals surface area contributed by atoms with E-state index in [1.807, 2.05) is 11.8 Å². The summed E-state index contributed by atoms with van der Waals surface area (Å²) in [4.78, 5) is 84.2. The van der Waals surface area contributed by atoms with Gasteiger partial charge in [0.1, 0.15) is 6.04 Å². The second-order valence-corrected chi connectivity index (χ2v) is 31.2. The van der Waals surface area contributed by atoms with Crippen molar-refractivity contribution in [1.82, 2.24) is 19.6 Å². The van der Waals surface area contributed by atoms with Gasteiger partial charge in [0.25, 0.3) is 17.7 Å². The number of hydrogen-bond donors (Lipinski definition) is 0. The first-order chi connectivity index (χ1) is 46.2. The Morgan fingerprint density at radius 1 is 0.379 bits per heavy atom. The molecule has 2 aliphatic carbocycles. The molecule has 9 unspecified atom stereocenters. The first-order valence-corrected chi connectivity index (χ1v) is 41.5. The molecule has 1 saturated heterocycles. The van der Waals surface area contributed by atoms with Gasteiger partial charge in [0.2, 0.25) is 17.7 Å². The molecule has 0 aromatic heterocycles. The number of likely N-dealkylation sites (tertiary alicyclic amines) is 1. The first kappa shape index (κ1) is 83.9. The molecule has 546 valence electrons. The fourth-order valence-corrected chi connectivity index (χ4v) is 18.1. The molecular formula is C85H150N4O6. The summed E-state index contributed by atoms with van der Waals surface area (Å²) in [7, 11) is 0. The highest BCUT2D eigenvalue weighted by Gasteiger charge is 2.44. The van der Waals surface area contributed by atoms with Crippen molar-refractivity contribution in [2.45, 2.75) is 388 Å². The summed E-state index contributed by atoms with van der Waals surface area (Å²) in [6.07, 6.45) is 68.1. The summed E-state index contributed by atoms with van der Waals surface area (Å²) in [5.41, 5.74) is 1.07. The van der Waals surface area contributed by atoms with Crippen LogP contribution in [0.1, 0.15) is 382 Å². The Balaban J connectivity index is 1.20. The van der Waals surface area contributed by atoms with Gasteiger partial charge in [-0.3, -0.25) is 38.6 Å². The van der Waals surface area contributed by atoms with Gasteiger partial charge < -0.3 is 9.80 Å².